The van der Waals surface area contributed by atoms with Crippen LogP contribution in [0.5, 0.6) is 0 Å². The molecule has 1 unspecified atom stereocenters. The molecule has 1 atom stereocenters. The maximum Gasteiger partial charge on any atom is 0.0139 e. The van der Waals surface area contributed by atoms with Gasteiger partial charge in [-0.15, -0.1) is 0 Å². The third kappa shape index (κ3) is 2.33. The molecule has 1 heterocycles. The van der Waals surface area contributed by atoms with E-state index in [0.717, 1.165) is 6.04 Å². The summed E-state index contributed by atoms with van der Waals surface area (Å²) in [7, 11) is 0. The molecule has 1 aliphatic heterocycles. The highest BCUT2D eigenvalue weighted by molar-refractivity contribution is 5.40. The van der Waals surface area contributed by atoms with E-state index in [1.54, 1.807) is 22.3 Å². The van der Waals surface area contributed by atoms with Gasteiger partial charge in [0.25, 0.3) is 0 Å². The second-order valence-electron chi connectivity index (χ2n) is 8.14. The fourth-order valence-electron chi connectivity index (χ4n) is 5.59. The first-order valence-electron chi connectivity index (χ1n) is 9.73. The van der Waals surface area contributed by atoms with Crippen molar-refractivity contribution in [1.29, 1.82) is 0 Å². The van der Waals surface area contributed by atoms with E-state index in [2.05, 4.69) is 53.4 Å². The number of likely N-dealkylation sites (tertiary alicyclic amines) is 1. The predicted molar refractivity (Wildman–Crippen MR) is 99.5 cm³/mol. The average molecular weight is 317 g/mol. The van der Waals surface area contributed by atoms with E-state index >= 15 is 0 Å². The van der Waals surface area contributed by atoms with E-state index in [1.165, 1.54) is 58.0 Å². The van der Waals surface area contributed by atoms with Crippen LogP contribution in [-0.4, -0.2) is 24.0 Å². The van der Waals surface area contributed by atoms with E-state index in [1.807, 2.05) is 0 Å². The van der Waals surface area contributed by atoms with Gasteiger partial charge < -0.3 is 0 Å². The summed E-state index contributed by atoms with van der Waals surface area (Å²) in [5.41, 5.74) is 6.99. The highest BCUT2D eigenvalue weighted by Gasteiger charge is 2.42. The minimum atomic E-state index is 0.500. The van der Waals surface area contributed by atoms with Gasteiger partial charge in [0.2, 0.25) is 0 Å². The maximum absolute atomic E-state index is 2.81. The third-order valence-electron chi connectivity index (χ3n) is 7.05. The van der Waals surface area contributed by atoms with Crippen molar-refractivity contribution in [2.45, 2.75) is 56.4 Å². The molecule has 1 fully saturated rings. The van der Waals surface area contributed by atoms with Gasteiger partial charge in [-0.3, -0.25) is 4.90 Å². The molecule has 2 aromatic rings. The lowest BCUT2D eigenvalue weighted by Gasteiger charge is -2.44. The summed E-state index contributed by atoms with van der Waals surface area (Å²) in [6.45, 7) is 2.59. The van der Waals surface area contributed by atoms with Gasteiger partial charge in [0.1, 0.15) is 0 Å². The molecule has 3 aliphatic rings. The Bertz CT molecular complexity index is 739. The Kier molecular flexibility index (Phi) is 3.52. The van der Waals surface area contributed by atoms with E-state index in [0.29, 0.717) is 5.41 Å². The second-order valence-corrected chi connectivity index (χ2v) is 8.14. The molecule has 2 aliphatic carbocycles. The summed E-state index contributed by atoms with van der Waals surface area (Å²) in [4.78, 5) is 2.81. The number of fused-ring (bicyclic) bond motifs is 3. The first-order chi connectivity index (χ1) is 11.8. The van der Waals surface area contributed by atoms with E-state index in [9.17, 15) is 0 Å². The van der Waals surface area contributed by atoms with Gasteiger partial charge in [-0.25, -0.2) is 0 Å². The van der Waals surface area contributed by atoms with Gasteiger partial charge in [-0.1, -0.05) is 48.5 Å². The highest BCUT2D eigenvalue weighted by atomic mass is 15.2. The maximum atomic E-state index is 2.81. The monoisotopic (exact) mass is 317 g/mol. The Labute approximate surface area is 145 Å². The number of piperidine rings is 1. The summed E-state index contributed by atoms with van der Waals surface area (Å²) in [6, 6.07) is 19.1. The van der Waals surface area contributed by atoms with Gasteiger partial charge in [0, 0.05) is 6.04 Å². The number of hydrogen-bond acceptors (Lipinski definition) is 1. The Morgan fingerprint density at radius 2 is 1.46 bits per heavy atom. The summed E-state index contributed by atoms with van der Waals surface area (Å²) in [6.07, 6.45) is 9.29. The van der Waals surface area contributed by atoms with Crippen molar-refractivity contribution in [3.8, 4) is 0 Å². The SMILES string of the molecule is c1ccc2c(c1)CCC(N1CCC3(CCc4ccccc43)CC1)C2. The molecule has 1 saturated heterocycles. The molecule has 24 heavy (non-hydrogen) atoms. The molecule has 0 bridgehead atoms. The van der Waals surface area contributed by atoms with Crippen molar-refractivity contribution >= 4 is 0 Å². The first kappa shape index (κ1) is 14.7. The highest BCUT2D eigenvalue weighted by Crippen LogP contribution is 2.46. The normalized spacial score (nSPS) is 25.4. The molecule has 1 heteroatoms. The molecule has 0 aromatic heterocycles. The van der Waals surface area contributed by atoms with Gasteiger partial charge in [0.15, 0.2) is 0 Å². The fourth-order valence-corrected chi connectivity index (χ4v) is 5.59. The van der Waals surface area contributed by atoms with Crippen molar-refractivity contribution in [2.75, 3.05) is 13.1 Å². The number of benzene rings is 2. The zero-order chi connectivity index (χ0) is 16.0. The van der Waals surface area contributed by atoms with Crippen molar-refractivity contribution < 1.29 is 0 Å². The third-order valence-corrected chi connectivity index (χ3v) is 7.05. The molecule has 0 N–H and O–H groups in total. The van der Waals surface area contributed by atoms with Crippen molar-refractivity contribution in [1.82, 2.24) is 4.90 Å². The van der Waals surface area contributed by atoms with Crippen LogP contribution < -0.4 is 0 Å². The van der Waals surface area contributed by atoms with Crippen LogP contribution in [0.3, 0.4) is 0 Å². The molecule has 124 valence electrons. The average Bonchev–Trinajstić information content (AvgIpc) is 3.01. The Morgan fingerprint density at radius 1 is 0.750 bits per heavy atom. The Morgan fingerprint density at radius 3 is 2.29 bits per heavy atom. The summed E-state index contributed by atoms with van der Waals surface area (Å²) in [5.74, 6) is 0. The van der Waals surface area contributed by atoms with Crippen LogP contribution in [0.15, 0.2) is 48.5 Å². The van der Waals surface area contributed by atoms with Crippen LogP contribution >= 0.6 is 0 Å². The lowest BCUT2D eigenvalue weighted by atomic mass is 9.73. The van der Waals surface area contributed by atoms with Crippen LogP contribution in [0.25, 0.3) is 0 Å². The molecular formula is C23H27N. The zero-order valence-corrected chi connectivity index (χ0v) is 14.5. The molecule has 0 amide bonds. The number of aryl methyl sites for hydroxylation is 2. The van der Waals surface area contributed by atoms with Crippen LogP contribution in [0.1, 0.15) is 47.9 Å². The largest absolute Gasteiger partial charge is 0.300 e. The van der Waals surface area contributed by atoms with Crippen molar-refractivity contribution in [3.63, 3.8) is 0 Å². The lowest BCUT2D eigenvalue weighted by Crippen LogP contribution is -2.48. The van der Waals surface area contributed by atoms with E-state index in [4.69, 9.17) is 0 Å². The summed E-state index contributed by atoms with van der Waals surface area (Å²) < 4.78 is 0. The number of nitrogens with zero attached hydrogens (tertiary/aromatic N) is 1. The van der Waals surface area contributed by atoms with Gasteiger partial charge in [0.05, 0.1) is 0 Å². The standard InChI is InChI=1S/C23H27N/c1-2-7-20-17-21(10-9-18(20)5-1)24-15-13-23(14-16-24)12-11-19-6-3-4-8-22(19)23/h1-8,21H,9-17H2. The second kappa shape index (κ2) is 5.74. The Hall–Kier alpha value is -1.60. The minimum absolute atomic E-state index is 0.500. The van der Waals surface area contributed by atoms with Gasteiger partial charge in [-0.2, -0.15) is 0 Å². The predicted octanol–water partition coefficient (Wildman–Crippen LogP) is 4.52. The summed E-state index contributed by atoms with van der Waals surface area (Å²) >= 11 is 0. The smallest absolute Gasteiger partial charge is 0.0139 e. The molecule has 5 rings (SSSR count). The van der Waals surface area contributed by atoms with Crippen LogP contribution in [0.2, 0.25) is 0 Å². The quantitative estimate of drug-likeness (QED) is 0.747. The van der Waals surface area contributed by atoms with Crippen molar-refractivity contribution in [2.24, 2.45) is 0 Å². The molecule has 1 spiro atoms. The molecule has 1 nitrogen and oxygen atoms in total. The van der Waals surface area contributed by atoms with Gasteiger partial charge >= 0.3 is 0 Å². The first-order valence-corrected chi connectivity index (χ1v) is 9.73. The van der Waals surface area contributed by atoms with E-state index in [-0.39, 0.29) is 0 Å². The van der Waals surface area contributed by atoms with Gasteiger partial charge in [-0.05, 0) is 85.7 Å². The molecule has 0 saturated carbocycles. The van der Waals surface area contributed by atoms with Crippen LogP contribution in [0, 0.1) is 0 Å². The number of hydrogen-bond donors (Lipinski definition) is 0. The molecule has 0 radical (unpaired) electrons. The minimum Gasteiger partial charge on any atom is -0.300 e. The summed E-state index contributed by atoms with van der Waals surface area (Å²) in [5, 5.41) is 0. The fraction of sp³-hybridized carbons (Fsp3) is 0.478. The van der Waals surface area contributed by atoms with Crippen molar-refractivity contribution in [3.05, 3.63) is 70.8 Å². The number of rotatable bonds is 1. The van der Waals surface area contributed by atoms with Crippen LogP contribution in [-0.2, 0) is 24.7 Å². The molecule has 2 aromatic carbocycles. The van der Waals surface area contributed by atoms with E-state index < -0.39 is 0 Å². The topological polar surface area (TPSA) is 3.24 Å². The lowest BCUT2D eigenvalue weighted by molar-refractivity contribution is 0.105. The Balaban J connectivity index is 1.30. The van der Waals surface area contributed by atoms with Crippen LogP contribution in [0.4, 0.5) is 0 Å². The zero-order valence-electron chi connectivity index (χ0n) is 14.5. The molecular weight excluding hydrogens is 290 g/mol.